The van der Waals surface area contributed by atoms with Crippen molar-refractivity contribution in [2.45, 2.75) is 13.8 Å². The summed E-state index contributed by atoms with van der Waals surface area (Å²) >= 11 is 1.50. The SMILES string of the molecule is Cc1nc2cccc(C)n2c1-c1csc(Nc2ccc(C(=O)NO)cc2)n1. The number of hydrogen-bond acceptors (Lipinski definition) is 6. The molecular formula is C19H17N5O2S. The Morgan fingerprint density at radius 1 is 1.11 bits per heavy atom. The molecule has 4 rings (SSSR count). The molecule has 136 valence electrons. The Morgan fingerprint density at radius 3 is 2.63 bits per heavy atom. The number of amides is 1. The van der Waals surface area contributed by atoms with Crippen molar-refractivity contribution in [3.63, 3.8) is 0 Å². The number of nitrogens with one attached hydrogen (secondary N) is 2. The summed E-state index contributed by atoms with van der Waals surface area (Å²) in [6.45, 7) is 4.03. The van der Waals surface area contributed by atoms with Gasteiger partial charge >= 0.3 is 0 Å². The fourth-order valence-corrected chi connectivity index (χ4v) is 3.72. The molecule has 0 aliphatic heterocycles. The first-order chi connectivity index (χ1) is 13.1. The summed E-state index contributed by atoms with van der Waals surface area (Å²) in [7, 11) is 0. The molecule has 27 heavy (non-hydrogen) atoms. The highest BCUT2D eigenvalue weighted by Crippen LogP contribution is 2.30. The van der Waals surface area contributed by atoms with Crippen LogP contribution in [0.5, 0.6) is 0 Å². The highest BCUT2D eigenvalue weighted by Gasteiger charge is 2.15. The molecule has 0 bridgehead atoms. The van der Waals surface area contributed by atoms with Gasteiger partial charge in [-0.3, -0.25) is 14.4 Å². The number of carbonyl (C=O) groups excluding carboxylic acids is 1. The number of nitrogens with zero attached hydrogens (tertiary/aromatic N) is 3. The molecule has 1 amide bonds. The van der Waals surface area contributed by atoms with E-state index in [9.17, 15) is 4.79 Å². The number of imidazole rings is 1. The summed E-state index contributed by atoms with van der Waals surface area (Å²) in [6.07, 6.45) is 0. The van der Waals surface area contributed by atoms with E-state index in [0.29, 0.717) is 5.56 Å². The van der Waals surface area contributed by atoms with Crippen molar-refractivity contribution in [1.29, 1.82) is 0 Å². The van der Waals surface area contributed by atoms with Gasteiger partial charge in [0, 0.05) is 22.3 Å². The minimum absolute atomic E-state index is 0.375. The third-order valence-electron chi connectivity index (χ3n) is 4.26. The van der Waals surface area contributed by atoms with Crippen LogP contribution in [-0.2, 0) is 0 Å². The quantitative estimate of drug-likeness (QED) is 0.369. The maximum absolute atomic E-state index is 11.4. The molecule has 0 atom stereocenters. The first kappa shape index (κ1) is 17.2. The van der Waals surface area contributed by atoms with Crippen molar-refractivity contribution >= 4 is 33.7 Å². The Balaban J connectivity index is 1.63. The fourth-order valence-electron chi connectivity index (χ4n) is 3.00. The summed E-state index contributed by atoms with van der Waals surface area (Å²) in [6, 6.07) is 12.8. The van der Waals surface area contributed by atoms with Crippen molar-refractivity contribution in [3.8, 4) is 11.4 Å². The number of thiazole rings is 1. The van der Waals surface area contributed by atoms with Gasteiger partial charge in [0.1, 0.15) is 11.3 Å². The van der Waals surface area contributed by atoms with Gasteiger partial charge in [0.15, 0.2) is 5.13 Å². The average Bonchev–Trinajstić information content (AvgIpc) is 3.25. The number of hydroxylamine groups is 1. The fraction of sp³-hybridized carbons (Fsp3) is 0.105. The van der Waals surface area contributed by atoms with E-state index >= 15 is 0 Å². The van der Waals surface area contributed by atoms with Crippen molar-refractivity contribution in [3.05, 3.63) is 64.8 Å². The molecule has 8 heteroatoms. The lowest BCUT2D eigenvalue weighted by Crippen LogP contribution is -2.18. The second-order valence-corrected chi connectivity index (χ2v) is 6.95. The zero-order valence-electron chi connectivity index (χ0n) is 14.7. The zero-order valence-corrected chi connectivity index (χ0v) is 15.5. The van der Waals surface area contributed by atoms with Crippen LogP contribution in [0.1, 0.15) is 21.7 Å². The third-order valence-corrected chi connectivity index (χ3v) is 5.02. The highest BCUT2D eigenvalue weighted by atomic mass is 32.1. The lowest BCUT2D eigenvalue weighted by molar-refractivity contribution is 0.0706. The van der Waals surface area contributed by atoms with Gasteiger partial charge in [0.2, 0.25) is 0 Å². The van der Waals surface area contributed by atoms with E-state index in [2.05, 4.69) is 14.7 Å². The zero-order chi connectivity index (χ0) is 19.0. The van der Waals surface area contributed by atoms with Crippen molar-refractivity contribution in [2.75, 3.05) is 5.32 Å². The number of fused-ring (bicyclic) bond motifs is 1. The van der Waals surface area contributed by atoms with Gasteiger partial charge in [-0.1, -0.05) is 6.07 Å². The average molecular weight is 379 g/mol. The van der Waals surface area contributed by atoms with Crippen LogP contribution in [0.4, 0.5) is 10.8 Å². The molecule has 1 aromatic carbocycles. The Morgan fingerprint density at radius 2 is 1.89 bits per heavy atom. The minimum atomic E-state index is -0.545. The van der Waals surface area contributed by atoms with Gasteiger partial charge in [-0.2, -0.15) is 0 Å². The van der Waals surface area contributed by atoms with Crippen LogP contribution >= 0.6 is 11.3 Å². The summed E-state index contributed by atoms with van der Waals surface area (Å²) < 4.78 is 2.11. The Kier molecular flexibility index (Phi) is 4.35. The highest BCUT2D eigenvalue weighted by molar-refractivity contribution is 7.14. The second kappa shape index (κ2) is 6.82. The first-order valence-corrected chi connectivity index (χ1v) is 9.17. The maximum atomic E-state index is 11.4. The number of anilines is 2. The Bertz CT molecular complexity index is 1130. The molecular weight excluding hydrogens is 362 g/mol. The van der Waals surface area contributed by atoms with Crippen LogP contribution in [0.2, 0.25) is 0 Å². The molecule has 0 aliphatic rings. The topological polar surface area (TPSA) is 91.5 Å². The van der Waals surface area contributed by atoms with Gasteiger partial charge in [-0.15, -0.1) is 11.3 Å². The van der Waals surface area contributed by atoms with E-state index in [0.717, 1.165) is 39.2 Å². The van der Waals surface area contributed by atoms with Crippen molar-refractivity contribution in [1.82, 2.24) is 19.8 Å². The molecule has 0 radical (unpaired) electrons. The van der Waals surface area contributed by atoms with Crippen molar-refractivity contribution < 1.29 is 10.0 Å². The number of aryl methyl sites for hydroxylation is 2. The number of aromatic nitrogens is 3. The molecule has 7 nitrogen and oxygen atoms in total. The predicted octanol–water partition coefficient (Wildman–Crippen LogP) is 3.94. The predicted molar refractivity (Wildman–Crippen MR) is 105 cm³/mol. The molecule has 0 saturated carbocycles. The van der Waals surface area contributed by atoms with Crippen LogP contribution < -0.4 is 10.8 Å². The first-order valence-electron chi connectivity index (χ1n) is 8.29. The Labute approximate surface area is 159 Å². The van der Waals surface area contributed by atoms with E-state index in [4.69, 9.17) is 10.2 Å². The monoisotopic (exact) mass is 379 g/mol. The molecule has 0 fully saturated rings. The van der Waals surface area contributed by atoms with Gasteiger partial charge in [-0.05, 0) is 50.2 Å². The van der Waals surface area contributed by atoms with E-state index in [1.807, 2.05) is 37.4 Å². The summed E-state index contributed by atoms with van der Waals surface area (Å²) in [4.78, 5) is 20.7. The van der Waals surface area contributed by atoms with E-state index in [1.165, 1.54) is 11.3 Å². The lowest BCUT2D eigenvalue weighted by Gasteiger charge is -2.05. The molecule has 0 aliphatic carbocycles. The standard InChI is InChI=1S/C19H17N5O2S/c1-11-4-3-5-16-20-12(2)17(24(11)16)15-10-27-19(22-15)21-14-8-6-13(7-9-14)18(25)23-26/h3-10,26H,1-2H3,(H,21,22)(H,23,25). The number of rotatable bonds is 4. The van der Waals surface area contributed by atoms with Crippen molar-refractivity contribution in [2.24, 2.45) is 0 Å². The third kappa shape index (κ3) is 3.16. The van der Waals surface area contributed by atoms with Crippen LogP contribution in [0.25, 0.3) is 17.0 Å². The number of carbonyl (C=O) groups is 1. The van der Waals surface area contributed by atoms with Crippen LogP contribution in [0, 0.1) is 13.8 Å². The van der Waals surface area contributed by atoms with Crippen LogP contribution in [0.3, 0.4) is 0 Å². The van der Waals surface area contributed by atoms with E-state index < -0.39 is 5.91 Å². The molecule has 0 spiro atoms. The van der Waals surface area contributed by atoms with Gasteiger partial charge in [0.25, 0.3) is 5.91 Å². The van der Waals surface area contributed by atoms with Gasteiger partial charge < -0.3 is 5.32 Å². The molecule has 3 N–H and O–H groups in total. The normalized spacial score (nSPS) is 10.9. The van der Waals surface area contributed by atoms with Crippen LogP contribution in [0.15, 0.2) is 47.8 Å². The summed E-state index contributed by atoms with van der Waals surface area (Å²) in [5.74, 6) is -0.545. The molecule has 0 saturated heterocycles. The number of pyridine rings is 1. The second-order valence-electron chi connectivity index (χ2n) is 6.09. The van der Waals surface area contributed by atoms with Gasteiger partial charge in [0.05, 0.1) is 11.4 Å². The summed E-state index contributed by atoms with van der Waals surface area (Å²) in [5, 5.41) is 14.7. The number of hydrogen-bond donors (Lipinski definition) is 3. The Hall–Kier alpha value is -3.23. The maximum Gasteiger partial charge on any atom is 0.274 e. The largest absolute Gasteiger partial charge is 0.332 e. The molecule has 0 unspecified atom stereocenters. The summed E-state index contributed by atoms with van der Waals surface area (Å²) in [5.41, 5.74) is 7.58. The minimum Gasteiger partial charge on any atom is -0.332 e. The van der Waals surface area contributed by atoms with E-state index in [-0.39, 0.29) is 0 Å². The number of benzene rings is 1. The molecule has 4 aromatic rings. The van der Waals surface area contributed by atoms with Crippen LogP contribution in [-0.4, -0.2) is 25.5 Å². The lowest BCUT2D eigenvalue weighted by atomic mass is 10.2. The molecule has 3 aromatic heterocycles. The van der Waals surface area contributed by atoms with E-state index in [1.54, 1.807) is 29.7 Å². The molecule has 3 heterocycles. The smallest absolute Gasteiger partial charge is 0.274 e. The van der Waals surface area contributed by atoms with Gasteiger partial charge in [-0.25, -0.2) is 15.4 Å².